The van der Waals surface area contributed by atoms with Crippen molar-refractivity contribution in [3.05, 3.63) is 70.2 Å². The zero-order valence-corrected chi connectivity index (χ0v) is 16.4. The molecule has 3 rings (SSSR count). The maximum atomic E-state index is 12.5. The molecule has 2 aromatic carbocycles. The van der Waals surface area contributed by atoms with Crippen LogP contribution in [0.15, 0.2) is 48.5 Å². The lowest BCUT2D eigenvalue weighted by Gasteiger charge is -2.35. The molecule has 2 amide bonds. The van der Waals surface area contributed by atoms with Crippen molar-refractivity contribution in [3.63, 3.8) is 0 Å². The van der Waals surface area contributed by atoms with Gasteiger partial charge >= 0.3 is 0 Å². The van der Waals surface area contributed by atoms with Crippen molar-refractivity contribution in [1.29, 1.82) is 5.26 Å². The number of halogens is 1. The van der Waals surface area contributed by atoms with Crippen LogP contribution in [0.4, 0.5) is 0 Å². The van der Waals surface area contributed by atoms with E-state index in [0.29, 0.717) is 56.0 Å². The Balaban J connectivity index is 1.43. The molecule has 0 N–H and O–H groups in total. The summed E-state index contributed by atoms with van der Waals surface area (Å²) in [7, 11) is 0. The Kier molecular flexibility index (Phi) is 6.67. The highest BCUT2D eigenvalue weighted by molar-refractivity contribution is 6.30. The van der Waals surface area contributed by atoms with Crippen LogP contribution in [0.25, 0.3) is 0 Å². The molecule has 6 heteroatoms. The molecule has 0 radical (unpaired) electrons. The average molecular weight is 396 g/mol. The van der Waals surface area contributed by atoms with Gasteiger partial charge in [0, 0.05) is 37.6 Å². The fraction of sp³-hybridized carbons (Fsp3) is 0.318. The second-order valence-corrected chi connectivity index (χ2v) is 7.31. The van der Waals surface area contributed by atoms with E-state index in [0.717, 1.165) is 11.1 Å². The van der Waals surface area contributed by atoms with Gasteiger partial charge in [-0.25, -0.2) is 0 Å². The molecule has 28 heavy (non-hydrogen) atoms. The predicted octanol–water partition coefficient (Wildman–Crippen LogP) is 3.06. The lowest BCUT2D eigenvalue weighted by Crippen LogP contribution is -2.51. The molecule has 0 saturated carbocycles. The van der Waals surface area contributed by atoms with E-state index in [2.05, 4.69) is 6.07 Å². The van der Waals surface area contributed by atoms with Gasteiger partial charge in [-0.1, -0.05) is 35.9 Å². The highest BCUT2D eigenvalue weighted by Crippen LogP contribution is 2.13. The van der Waals surface area contributed by atoms with Crippen LogP contribution >= 0.6 is 11.6 Å². The topological polar surface area (TPSA) is 64.4 Å². The van der Waals surface area contributed by atoms with Crippen molar-refractivity contribution in [2.45, 2.75) is 19.3 Å². The third kappa shape index (κ3) is 5.34. The van der Waals surface area contributed by atoms with Crippen molar-refractivity contribution in [1.82, 2.24) is 9.80 Å². The quantitative estimate of drug-likeness (QED) is 0.781. The summed E-state index contributed by atoms with van der Waals surface area (Å²) in [5.41, 5.74) is 2.61. The third-order valence-corrected chi connectivity index (χ3v) is 5.22. The average Bonchev–Trinajstić information content (AvgIpc) is 2.74. The molecule has 144 valence electrons. The van der Waals surface area contributed by atoms with Crippen LogP contribution in [0.2, 0.25) is 5.02 Å². The molecule has 0 unspecified atom stereocenters. The summed E-state index contributed by atoms with van der Waals surface area (Å²) in [5, 5.41) is 9.48. The largest absolute Gasteiger partial charge is 0.339 e. The van der Waals surface area contributed by atoms with Crippen LogP contribution in [0, 0.1) is 11.3 Å². The predicted molar refractivity (Wildman–Crippen MR) is 108 cm³/mol. The second-order valence-electron chi connectivity index (χ2n) is 6.87. The minimum atomic E-state index is 0.0759. The number of nitrogens with zero attached hydrogens (tertiary/aromatic N) is 3. The van der Waals surface area contributed by atoms with Gasteiger partial charge in [-0.3, -0.25) is 9.59 Å². The summed E-state index contributed by atoms with van der Waals surface area (Å²) in [4.78, 5) is 28.6. The second kappa shape index (κ2) is 9.38. The molecule has 0 aliphatic carbocycles. The molecule has 1 fully saturated rings. The van der Waals surface area contributed by atoms with Gasteiger partial charge in [-0.05, 0) is 41.8 Å². The Morgan fingerprint density at radius 1 is 0.857 bits per heavy atom. The van der Waals surface area contributed by atoms with Crippen LogP contribution in [0.1, 0.15) is 23.1 Å². The van der Waals surface area contributed by atoms with Gasteiger partial charge in [0.15, 0.2) is 0 Å². The number of hydrogen-bond acceptors (Lipinski definition) is 3. The first-order chi connectivity index (χ1) is 13.5. The van der Waals surface area contributed by atoms with E-state index in [9.17, 15) is 9.59 Å². The number of aryl methyl sites for hydroxylation is 1. The SMILES string of the molecule is N#Cc1ccc(CCC(=O)N2CCN(C(=O)Cc3ccc(Cl)cc3)CC2)cc1. The lowest BCUT2D eigenvalue weighted by atomic mass is 10.1. The summed E-state index contributed by atoms with van der Waals surface area (Å²) >= 11 is 5.88. The van der Waals surface area contributed by atoms with Crippen molar-refractivity contribution in [3.8, 4) is 6.07 Å². The standard InChI is InChI=1S/C22H22ClN3O2/c23-20-8-5-18(6-9-20)15-22(28)26-13-11-25(12-14-26)21(27)10-7-17-1-3-19(16-24)4-2-17/h1-6,8-9H,7,10-15H2. The monoisotopic (exact) mass is 395 g/mol. The van der Waals surface area contributed by atoms with Gasteiger partial charge in [0.25, 0.3) is 0 Å². The van der Waals surface area contributed by atoms with Crippen molar-refractivity contribution >= 4 is 23.4 Å². The smallest absolute Gasteiger partial charge is 0.227 e. The van der Waals surface area contributed by atoms with Crippen molar-refractivity contribution in [2.75, 3.05) is 26.2 Å². The van der Waals surface area contributed by atoms with Gasteiger partial charge < -0.3 is 9.80 Å². The van der Waals surface area contributed by atoms with Crippen LogP contribution in [-0.2, 0) is 22.4 Å². The Bertz CT molecular complexity index is 864. The Hall–Kier alpha value is -2.84. The molecule has 1 saturated heterocycles. The molecule has 0 spiro atoms. The maximum Gasteiger partial charge on any atom is 0.227 e. The van der Waals surface area contributed by atoms with Crippen molar-refractivity contribution < 1.29 is 9.59 Å². The normalized spacial score (nSPS) is 13.9. The molecule has 0 atom stereocenters. The number of amides is 2. The van der Waals surface area contributed by atoms with Crippen LogP contribution in [0.5, 0.6) is 0 Å². The zero-order chi connectivity index (χ0) is 19.9. The van der Waals surface area contributed by atoms with Gasteiger partial charge in [-0.15, -0.1) is 0 Å². The molecule has 1 aliphatic heterocycles. The number of hydrogen-bond donors (Lipinski definition) is 0. The number of rotatable bonds is 5. The lowest BCUT2D eigenvalue weighted by molar-refractivity contribution is -0.139. The molecule has 0 aromatic heterocycles. The zero-order valence-electron chi connectivity index (χ0n) is 15.6. The third-order valence-electron chi connectivity index (χ3n) is 4.96. The van der Waals surface area contributed by atoms with E-state index in [-0.39, 0.29) is 11.8 Å². The van der Waals surface area contributed by atoms with E-state index < -0.39 is 0 Å². The Morgan fingerprint density at radius 3 is 1.96 bits per heavy atom. The van der Waals surface area contributed by atoms with Gasteiger partial charge in [0.05, 0.1) is 18.1 Å². The van der Waals surface area contributed by atoms with E-state index >= 15 is 0 Å². The molecule has 0 bridgehead atoms. The summed E-state index contributed by atoms with van der Waals surface area (Å²) in [5.74, 6) is 0.182. The molecular formula is C22H22ClN3O2. The number of carbonyl (C=O) groups excluding carboxylic acids is 2. The Labute approximate surface area is 170 Å². The van der Waals surface area contributed by atoms with Gasteiger partial charge in [0.1, 0.15) is 0 Å². The number of piperazine rings is 1. The summed E-state index contributed by atoms with van der Waals surface area (Å²) < 4.78 is 0. The highest BCUT2D eigenvalue weighted by atomic mass is 35.5. The molecule has 1 aliphatic rings. The van der Waals surface area contributed by atoms with E-state index in [1.165, 1.54) is 0 Å². The van der Waals surface area contributed by atoms with E-state index in [1.807, 2.05) is 34.1 Å². The summed E-state index contributed by atoms with van der Waals surface area (Å²) in [6.45, 7) is 2.27. The minimum absolute atomic E-state index is 0.0759. The van der Waals surface area contributed by atoms with Crippen LogP contribution < -0.4 is 0 Å². The molecule has 1 heterocycles. The van der Waals surface area contributed by atoms with E-state index in [1.54, 1.807) is 24.3 Å². The number of carbonyl (C=O) groups is 2. The molecular weight excluding hydrogens is 374 g/mol. The summed E-state index contributed by atoms with van der Waals surface area (Å²) in [6.07, 6.45) is 1.44. The fourth-order valence-corrected chi connectivity index (χ4v) is 3.38. The first-order valence-electron chi connectivity index (χ1n) is 9.34. The van der Waals surface area contributed by atoms with Crippen LogP contribution in [0.3, 0.4) is 0 Å². The minimum Gasteiger partial charge on any atom is -0.339 e. The van der Waals surface area contributed by atoms with E-state index in [4.69, 9.17) is 16.9 Å². The first kappa shape index (κ1) is 19.9. The number of benzene rings is 2. The number of nitriles is 1. The van der Waals surface area contributed by atoms with Crippen LogP contribution in [-0.4, -0.2) is 47.8 Å². The molecule has 5 nitrogen and oxygen atoms in total. The highest BCUT2D eigenvalue weighted by Gasteiger charge is 2.23. The molecule has 2 aromatic rings. The maximum absolute atomic E-state index is 12.5. The van der Waals surface area contributed by atoms with Gasteiger partial charge in [-0.2, -0.15) is 5.26 Å². The Morgan fingerprint density at radius 2 is 1.39 bits per heavy atom. The fourth-order valence-electron chi connectivity index (χ4n) is 3.25. The van der Waals surface area contributed by atoms with Gasteiger partial charge in [0.2, 0.25) is 11.8 Å². The summed E-state index contributed by atoms with van der Waals surface area (Å²) in [6, 6.07) is 16.7. The van der Waals surface area contributed by atoms with Crippen molar-refractivity contribution in [2.24, 2.45) is 0 Å². The first-order valence-corrected chi connectivity index (χ1v) is 9.72.